The molecule has 0 aliphatic carbocycles. The van der Waals surface area contributed by atoms with Crippen molar-refractivity contribution in [1.82, 2.24) is 0 Å². The van der Waals surface area contributed by atoms with Gasteiger partial charge in [0.15, 0.2) is 6.10 Å². The minimum Gasteiger partial charge on any atom is -0.481 e. The maximum absolute atomic E-state index is 13.1. The van der Waals surface area contributed by atoms with Crippen molar-refractivity contribution in [2.75, 3.05) is 10.6 Å². The molecule has 0 bridgehead atoms. The van der Waals surface area contributed by atoms with E-state index in [1.54, 1.807) is 12.1 Å². The van der Waals surface area contributed by atoms with E-state index in [1.807, 2.05) is 32.0 Å². The molecule has 0 aliphatic heterocycles. The van der Waals surface area contributed by atoms with Crippen molar-refractivity contribution in [2.24, 2.45) is 0 Å². The van der Waals surface area contributed by atoms with E-state index in [0.29, 0.717) is 17.0 Å². The Morgan fingerprint density at radius 1 is 0.848 bits per heavy atom. The second-order valence-corrected chi connectivity index (χ2v) is 7.52. The summed E-state index contributed by atoms with van der Waals surface area (Å²) >= 11 is 0. The van der Waals surface area contributed by atoms with Crippen LogP contribution in [0.25, 0.3) is 0 Å². The van der Waals surface area contributed by atoms with Crippen molar-refractivity contribution < 1.29 is 27.5 Å². The molecule has 172 valence electrons. The largest absolute Gasteiger partial charge is 0.481 e. The number of ether oxygens (including phenoxy) is 1. The molecule has 33 heavy (non-hydrogen) atoms. The third-order valence-corrected chi connectivity index (χ3v) is 5.14. The van der Waals surface area contributed by atoms with Crippen molar-refractivity contribution in [3.63, 3.8) is 0 Å². The van der Waals surface area contributed by atoms with Crippen molar-refractivity contribution in [3.05, 3.63) is 89.0 Å². The molecule has 1 atom stereocenters. The molecular weight excluding hydrogens is 433 g/mol. The lowest BCUT2D eigenvalue weighted by Gasteiger charge is -2.17. The SMILES string of the molecule is Cc1cccc(NC(=O)c2ccc(O[C@H](C)C(=O)Nc3ccccc3C(F)(F)F)cc2)c1C. The summed E-state index contributed by atoms with van der Waals surface area (Å²) in [6.45, 7) is 5.30. The second-order valence-electron chi connectivity index (χ2n) is 7.52. The number of amides is 2. The molecule has 0 aromatic heterocycles. The van der Waals surface area contributed by atoms with Crippen molar-refractivity contribution >= 4 is 23.2 Å². The number of carbonyl (C=O) groups is 2. The van der Waals surface area contributed by atoms with Crippen LogP contribution < -0.4 is 15.4 Å². The molecule has 3 rings (SSSR count). The summed E-state index contributed by atoms with van der Waals surface area (Å²) in [7, 11) is 0. The molecule has 3 aromatic rings. The zero-order valence-electron chi connectivity index (χ0n) is 18.3. The summed E-state index contributed by atoms with van der Waals surface area (Å²) in [5.74, 6) is -0.738. The number of alkyl halides is 3. The molecule has 0 radical (unpaired) electrons. The molecule has 8 heteroatoms. The topological polar surface area (TPSA) is 67.4 Å². The van der Waals surface area contributed by atoms with Crippen LogP contribution >= 0.6 is 0 Å². The predicted octanol–water partition coefficient (Wildman–Crippen LogP) is 5.98. The smallest absolute Gasteiger partial charge is 0.418 e. The van der Waals surface area contributed by atoms with Gasteiger partial charge in [0.2, 0.25) is 0 Å². The highest BCUT2D eigenvalue weighted by Gasteiger charge is 2.34. The van der Waals surface area contributed by atoms with E-state index in [2.05, 4.69) is 10.6 Å². The number of hydrogen-bond acceptors (Lipinski definition) is 3. The zero-order chi connectivity index (χ0) is 24.2. The van der Waals surface area contributed by atoms with Gasteiger partial charge in [0.05, 0.1) is 11.3 Å². The van der Waals surface area contributed by atoms with Gasteiger partial charge in [-0.3, -0.25) is 9.59 Å². The molecule has 0 saturated heterocycles. The molecule has 0 saturated carbocycles. The third-order valence-electron chi connectivity index (χ3n) is 5.14. The summed E-state index contributed by atoms with van der Waals surface area (Å²) in [5.41, 5.74) is 1.84. The van der Waals surface area contributed by atoms with Crippen LogP contribution in [0, 0.1) is 13.8 Å². The van der Waals surface area contributed by atoms with Crippen molar-refractivity contribution in [1.29, 1.82) is 0 Å². The molecule has 5 nitrogen and oxygen atoms in total. The van der Waals surface area contributed by atoms with Crippen LogP contribution in [0.4, 0.5) is 24.5 Å². The lowest BCUT2D eigenvalue weighted by atomic mass is 10.1. The Morgan fingerprint density at radius 3 is 2.15 bits per heavy atom. The van der Waals surface area contributed by atoms with E-state index < -0.39 is 23.8 Å². The highest BCUT2D eigenvalue weighted by atomic mass is 19.4. The maximum Gasteiger partial charge on any atom is 0.418 e. The van der Waals surface area contributed by atoms with Gasteiger partial charge < -0.3 is 15.4 Å². The average Bonchev–Trinajstić information content (AvgIpc) is 2.77. The number of aryl methyl sites for hydroxylation is 1. The maximum atomic E-state index is 13.1. The van der Waals surface area contributed by atoms with E-state index >= 15 is 0 Å². The van der Waals surface area contributed by atoms with Gasteiger partial charge in [0, 0.05) is 11.3 Å². The minimum atomic E-state index is -4.60. The molecule has 0 heterocycles. The number of hydrogen-bond donors (Lipinski definition) is 2. The Hall–Kier alpha value is -3.81. The van der Waals surface area contributed by atoms with Crippen LogP contribution in [-0.2, 0) is 11.0 Å². The first-order chi connectivity index (χ1) is 15.6. The molecule has 0 spiro atoms. The standard InChI is InChI=1S/C25H23F3N2O3/c1-15-7-6-10-21(16(15)2)29-24(32)18-11-13-19(14-12-18)33-17(3)23(31)30-22-9-5-4-8-20(22)25(26,27)28/h4-14,17H,1-3H3,(H,29,32)(H,30,31)/t17-/m1/s1. The highest BCUT2D eigenvalue weighted by molar-refractivity contribution is 6.04. The molecule has 3 aromatic carbocycles. The van der Waals surface area contributed by atoms with Crippen LogP contribution in [0.5, 0.6) is 5.75 Å². The van der Waals surface area contributed by atoms with Crippen LogP contribution in [-0.4, -0.2) is 17.9 Å². The summed E-state index contributed by atoms with van der Waals surface area (Å²) in [4.78, 5) is 24.9. The number of benzene rings is 3. The number of nitrogens with one attached hydrogen (secondary N) is 2. The fourth-order valence-electron chi connectivity index (χ4n) is 3.10. The van der Waals surface area contributed by atoms with Crippen LogP contribution in [0.15, 0.2) is 66.7 Å². The van der Waals surface area contributed by atoms with Gasteiger partial charge in [0.25, 0.3) is 11.8 Å². The van der Waals surface area contributed by atoms with Gasteiger partial charge in [-0.15, -0.1) is 0 Å². The van der Waals surface area contributed by atoms with Gasteiger partial charge in [-0.05, 0) is 74.4 Å². The van der Waals surface area contributed by atoms with Gasteiger partial charge in [-0.25, -0.2) is 0 Å². The Bertz CT molecular complexity index is 1160. The highest BCUT2D eigenvalue weighted by Crippen LogP contribution is 2.34. The predicted molar refractivity (Wildman–Crippen MR) is 120 cm³/mol. The Balaban J connectivity index is 1.63. The second kappa shape index (κ2) is 9.77. The number of halogens is 3. The first-order valence-electron chi connectivity index (χ1n) is 10.2. The van der Waals surface area contributed by atoms with Gasteiger partial charge in [0.1, 0.15) is 5.75 Å². The normalized spacial score (nSPS) is 12.1. The molecule has 2 N–H and O–H groups in total. The van der Waals surface area contributed by atoms with Crippen LogP contribution in [0.2, 0.25) is 0 Å². The molecule has 2 amide bonds. The van der Waals surface area contributed by atoms with Gasteiger partial charge in [-0.1, -0.05) is 24.3 Å². The van der Waals surface area contributed by atoms with E-state index in [0.717, 1.165) is 17.2 Å². The lowest BCUT2D eigenvalue weighted by Crippen LogP contribution is -2.31. The zero-order valence-corrected chi connectivity index (χ0v) is 18.3. The number of anilines is 2. The van der Waals surface area contributed by atoms with E-state index in [4.69, 9.17) is 4.74 Å². The Kier molecular flexibility index (Phi) is 7.06. The first-order valence-corrected chi connectivity index (χ1v) is 10.2. The Labute approximate surface area is 189 Å². The fraction of sp³-hybridized carbons (Fsp3) is 0.200. The number of rotatable bonds is 6. The molecule has 0 unspecified atom stereocenters. The quantitative estimate of drug-likeness (QED) is 0.480. The van der Waals surface area contributed by atoms with Crippen molar-refractivity contribution in [2.45, 2.75) is 33.1 Å². The summed E-state index contributed by atoms with van der Waals surface area (Å²) in [5, 5.41) is 5.11. The Morgan fingerprint density at radius 2 is 1.48 bits per heavy atom. The number of para-hydroxylation sites is 1. The van der Waals surface area contributed by atoms with Gasteiger partial charge in [-0.2, -0.15) is 13.2 Å². The lowest BCUT2D eigenvalue weighted by molar-refractivity contribution is -0.137. The summed E-state index contributed by atoms with van der Waals surface area (Å²) in [6.07, 6.45) is -5.66. The van der Waals surface area contributed by atoms with Gasteiger partial charge >= 0.3 is 6.18 Å². The summed E-state index contributed by atoms with van der Waals surface area (Å²) in [6, 6.07) is 16.5. The summed E-state index contributed by atoms with van der Waals surface area (Å²) < 4.78 is 44.9. The molecule has 0 fully saturated rings. The molecule has 0 aliphatic rings. The number of carbonyl (C=O) groups excluding carboxylic acids is 2. The minimum absolute atomic E-state index is 0.296. The first kappa shape index (κ1) is 23.8. The van der Waals surface area contributed by atoms with E-state index in [9.17, 15) is 22.8 Å². The van der Waals surface area contributed by atoms with Crippen LogP contribution in [0.3, 0.4) is 0 Å². The third kappa shape index (κ3) is 5.91. The van der Waals surface area contributed by atoms with E-state index in [1.165, 1.54) is 37.3 Å². The van der Waals surface area contributed by atoms with Crippen molar-refractivity contribution in [3.8, 4) is 5.75 Å². The fourth-order valence-corrected chi connectivity index (χ4v) is 3.10. The monoisotopic (exact) mass is 456 g/mol. The average molecular weight is 456 g/mol. The molecular formula is C25H23F3N2O3. The van der Waals surface area contributed by atoms with Crippen LogP contribution in [0.1, 0.15) is 34.0 Å². The van der Waals surface area contributed by atoms with E-state index in [-0.39, 0.29) is 11.6 Å².